The van der Waals surface area contributed by atoms with Gasteiger partial charge in [0.2, 0.25) is 10.0 Å². The SMILES string of the molecule is Cc1cccc(S(=O)(=O)N2C[C@H](CCS(=O)(=O)N3CCCC3)Oc3ccc(-c4cc(F)ccc4F)cc32)c1. The zero-order valence-electron chi connectivity index (χ0n) is 20.8. The molecule has 0 saturated carbocycles. The van der Waals surface area contributed by atoms with Crippen molar-refractivity contribution < 1.29 is 30.4 Å². The van der Waals surface area contributed by atoms with Gasteiger partial charge in [-0.25, -0.2) is 29.9 Å². The summed E-state index contributed by atoms with van der Waals surface area (Å²) >= 11 is 0. The van der Waals surface area contributed by atoms with Crippen molar-refractivity contribution in [3.05, 3.63) is 77.9 Å². The van der Waals surface area contributed by atoms with Crippen LogP contribution < -0.4 is 9.04 Å². The summed E-state index contributed by atoms with van der Waals surface area (Å²) in [5.74, 6) is -1.23. The average Bonchev–Trinajstić information content (AvgIpc) is 3.44. The molecule has 11 heteroatoms. The zero-order valence-corrected chi connectivity index (χ0v) is 22.4. The van der Waals surface area contributed by atoms with Gasteiger partial charge in [-0.3, -0.25) is 4.31 Å². The second-order valence-corrected chi connectivity index (χ2v) is 13.6. The van der Waals surface area contributed by atoms with Gasteiger partial charge < -0.3 is 4.74 Å². The Morgan fingerprint density at radius 1 is 0.947 bits per heavy atom. The topological polar surface area (TPSA) is 84.0 Å². The van der Waals surface area contributed by atoms with E-state index in [9.17, 15) is 25.6 Å². The van der Waals surface area contributed by atoms with Gasteiger partial charge in [-0.1, -0.05) is 18.2 Å². The summed E-state index contributed by atoms with van der Waals surface area (Å²) in [5, 5.41) is 0. The third-order valence-electron chi connectivity index (χ3n) is 6.86. The fourth-order valence-corrected chi connectivity index (χ4v) is 8.09. The highest BCUT2D eigenvalue weighted by Crippen LogP contribution is 2.41. The molecule has 2 heterocycles. The highest BCUT2D eigenvalue weighted by Gasteiger charge is 2.36. The summed E-state index contributed by atoms with van der Waals surface area (Å²) in [5.41, 5.74) is 1.19. The van der Waals surface area contributed by atoms with Gasteiger partial charge in [0, 0.05) is 25.1 Å². The Balaban J connectivity index is 1.52. The maximum absolute atomic E-state index is 14.5. The van der Waals surface area contributed by atoms with Gasteiger partial charge in [0.05, 0.1) is 22.9 Å². The van der Waals surface area contributed by atoms with Crippen LogP contribution in [0.15, 0.2) is 65.6 Å². The first-order valence-corrected chi connectivity index (χ1v) is 15.4. The van der Waals surface area contributed by atoms with Crippen molar-refractivity contribution in [1.82, 2.24) is 4.31 Å². The standard InChI is InChI=1S/C27H28F2N2O5S2/c1-19-5-4-6-23(15-19)38(34,35)31-18-22(11-14-37(32,33)30-12-2-3-13-30)36-27-10-7-20(16-26(27)31)24-17-21(28)8-9-25(24)29/h4-10,15-17,22H,2-3,11-14,18H2,1H3/t22-/m0/s1. The lowest BCUT2D eigenvalue weighted by Crippen LogP contribution is -2.44. The number of fused-ring (bicyclic) bond motifs is 1. The second kappa shape index (κ2) is 10.3. The van der Waals surface area contributed by atoms with E-state index in [0.29, 0.717) is 13.1 Å². The molecule has 2 aliphatic heterocycles. The van der Waals surface area contributed by atoms with Crippen LogP contribution >= 0.6 is 0 Å². The van der Waals surface area contributed by atoms with Crippen LogP contribution in [0.25, 0.3) is 11.1 Å². The van der Waals surface area contributed by atoms with Crippen LogP contribution in [0.3, 0.4) is 0 Å². The van der Waals surface area contributed by atoms with Gasteiger partial charge >= 0.3 is 0 Å². The lowest BCUT2D eigenvalue weighted by atomic mass is 10.0. The van der Waals surface area contributed by atoms with E-state index >= 15 is 0 Å². The summed E-state index contributed by atoms with van der Waals surface area (Å²) in [6, 6.07) is 14.0. The molecule has 1 atom stereocenters. The van der Waals surface area contributed by atoms with Gasteiger partial charge in [-0.2, -0.15) is 0 Å². The maximum atomic E-state index is 14.5. The molecule has 38 heavy (non-hydrogen) atoms. The Bertz CT molecular complexity index is 1570. The van der Waals surface area contributed by atoms with Gasteiger partial charge in [-0.15, -0.1) is 0 Å². The number of halogens is 2. The number of anilines is 1. The van der Waals surface area contributed by atoms with Crippen LogP contribution in [-0.4, -0.2) is 52.6 Å². The molecule has 0 unspecified atom stereocenters. The fraction of sp³-hybridized carbons (Fsp3) is 0.333. The molecular weight excluding hydrogens is 534 g/mol. The molecule has 0 aromatic heterocycles. The Labute approximate surface area is 221 Å². The first-order valence-electron chi connectivity index (χ1n) is 12.4. The van der Waals surface area contributed by atoms with E-state index in [1.165, 1.54) is 32.9 Å². The minimum Gasteiger partial charge on any atom is -0.486 e. The van der Waals surface area contributed by atoms with Crippen molar-refractivity contribution in [2.45, 2.75) is 37.2 Å². The third kappa shape index (κ3) is 5.27. The molecule has 2 aliphatic rings. The van der Waals surface area contributed by atoms with Crippen molar-refractivity contribution in [2.75, 3.05) is 29.7 Å². The normalized spacial score (nSPS) is 18.3. The molecule has 0 aliphatic carbocycles. The summed E-state index contributed by atoms with van der Waals surface area (Å²) in [7, 11) is -7.58. The number of ether oxygens (including phenoxy) is 1. The predicted octanol–water partition coefficient (Wildman–Crippen LogP) is 4.71. The molecule has 1 saturated heterocycles. The van der Waals surface area contributed by atoms with E-state index in [1.54, 1.807) is 25.1 Å². The largest absolute Gasteiger partial charge is 0.486 e. The molecule has 0 amide bonds. The highest BCUT2D eigenvalue weighted by atomic mass is 32.2. The predicted molar refractivity (Wildman–Crippen MR) is 141 cm³/mol. The molecular formula is C27H28F2N2O5S2. The first-order chi connectivity index (χ1) is 18.0. The quantitative estimate of drug-likeness (QED) is 0.417. The molecule has 3 aromatic rings. The Morgan fingerprint density at radius 2 is 1.71 bits per heavy atom. The van der Waals surface area contributed by atoms with Crippen molar-refractivity contribution in [3.8, 4) is 16.9 Å². The highest BCUT2D eigenvalue weighted by molar-refractivity contribution is 7.92. The van der Waals surface area contributed by atoms with E-state index in [4.69, 9.17) is 4.74 Å². The number of hydrogen-bond donors (Lipinski definition) is 0. The van der Waals surface area contributed by atoms with Crippen molar-refractivity contribution in [1.29, 1.82) is 0 Å². The fourth-order valence-electron chi connectivity index (χ4n) is 4.85. The zero-order chi connectivity index (χ0) is 27.1. The molecule has 1 fully saturated rings. The van der Waals surface area contributed by atoms with Gasteiger partial charge in [0.25, 0.3) is 10.0 Å². The Kier molecular flexibility index (Phi) is 7.19. The van der Waals surface area contributed by atoms with Gasteiger partial charge in [0.1, 0.15) is 23.5 Å². The van der Waals surface area contributed by atoms with E-state index in [-0.39, 0.29) is 46.2 Å². The molecule has 0 bridgehead atoms. The summed E-state index contributed by atoms with van der Waals surface area (Å²) in [6.07, 6.45) is 1.02. The number of hydrogen-bond acceptors (Lipinski definition) is 5. The van der Waals surface area contributed by atoms with E-state index in [0.717, 1.165) is 36.6 Å². The average molecular weight is 563 g/mol. The van der Waals surface area contributed by atoms with Crippen LogP contribution in [0, 0.1) is 18.6 Å². The van der Waals surface area contributed by atoms with Crippen molar-refractivity contribution in [2.24, 2.45) is 0 Å². The molecule has 5 rings (SSSR count). The van der Waals surface area contributed by atoms with Crippen LogP contribution in [-0.2, 0) is 20.0 Å². The van der Waals surface area contributed by atoms with Gasteiger partial charge in [0.15, 0.2) is 0 Å². The summed E-state index contributed by atoms with van der Waals surface area (Å²) < 4.78 is 90.4. The van der Waals surface area contributed by atoms with E-state index < -0.39 is 37.8 Å². The van der Waals surface area contributed by atoms with Crippen molar-refractivity contribution in [3.63, 3.8) is 0 Å². The summed E-state index contributed by atoms with van der Waals surface area (Å²) in [4.78, 5) is 0.0659. The number of aryl methyl sites for hydroxylation is 1. The second-order valence-electron chi connectivity index (χ2n) is 9.61. The number of nitrogens with zero attached hydrogens (tertiary/aromatic N) is 2. The Hall–Kier alpha value is -3.02. The first kappa shape index (κ1) is 26.6. The molecule has 0 radical (unpaired) electrons. The molecule has 3 aromatic carbocycles. The monoisotopic (exact) mass is 562 g/mol. The van der Waals surface area contributed by atoms with E-state index in [1.807, 2.05) is 0 Å². The van der Waals surface area contributed by atoms with E-state index in [2.05, 4.69) is 0 Å². The minimum absolute atomic E-state index is 0.0143. The molecule has 0 spiro atoms. The number of sulfonamides is 2. The third-order valence-corrected chi connectivity index (χ3v) is 10.5. The molecule has 7 nitrogen and oxygen atoms in total. The van der Waals surface area contributed by atoms with Crippen LogP contribution in [0.1, 0.15) is 24.8 Å². The number of rotatable bonds is 7. The minimum atomic E-state index is -4.09. The smallest absolute Gasteiger partial charge is 0.264 e. The van der Waals surface area contributed by atoms with Crippen LogP contribution in [0.2, 0.25) is 0 Å². The van der Waals surface area contributed by atoms with Crippen LogP contribution in [0.5, 0.6) is 5.75 Å². The number of benzene rings is 3. The maximum Gasteiger partial charge on any atom is 0.264 e. The van der Waals surface area contributed by atoms with Gasteiger partial charge in [-0.05, 0) is 73.4 Å². The summed E-state index contributed by atoms with van der Waals surface area (Å²) in [6.45, 7) is 2.63. The lowest BCUT2D eigenvalue weighted by Gasteiger charge is -2.36. The lowest BCUT2D eigenvalue weighted by molar-refractivity contribution is 0.196. The van der Waals surface area contributed by atoms with Crippen molar-refractivity contribution >= 4 is 25.7 Å². The molecule has 202 valence electrons. The van der Waals surface area contributed by atoms with Crippen LogP contribution in [0.4, 0.5) is 14.5 Å². The molecule has 0 N–H and O–H groups in total. The Morgan fingerprint density at radius 3 is 2.45 bits per heavy atom.